The second-order valence-electron chi connectivity index (χ2n) is 6.59. The van der Waals surface area contributed by atoms with Gasteiger partial charge < -0.3 is 9.30 Å². The molecular formula is C20H19N5O3S. The number of benzene rings is 1. The molecule has 0 aliphatic rings. The molecule has 8 nitrogen and oxygen atoms in total. The van der Waals surface area contributed by atoms with Crippen LogP contribution in [0, 0.1) is 13.8 Å². The van der Waals surface area contributed by atoms with Crippen molar-refractivity contribution < 1.29 is 9.53 Å². The van der Waals surface area contributed by atoms with Crippen LogP contribution in [0.1, 0.15) is 11.4 Å². The van der Waals surface area contributed by atoms with Gasteiger partial charge in [-0.3, -0.25) is 14.9 Å². The highest BCUT2D eigenvalue weighted by molar-refractivity contribution is 7.15. The van der Waals surface area contributed by atoms with Gasteiger partial charge in [-0.1, -0.05) is 12.1 Å². The minimum atomic E-state index is -0.263. The first-order valence-electron chi connectivity index (χ1n) is 8.91. The minimum Gasteiger partial charge on any atom is -0.497 e. The normalized spacial score (nSPS) is 11.0. The number of hydrogen-bond acceptors (Lipinski definition) is 6. The summed E-state index contributed by atoms with van der Waals surface area (Å²) in [6, 6.07) is 10.7. The lowest BCUT2D eigenvalue weighted by molar-refractivity contribution is -0.116. The Morgan fingerprint density at radius 3 is 2.69 bits per heavy atom. The molecule has 29 heavy (non-hydrogen) atoms. The number of anilines is 1. The third-order valence-electron chi connectivity index (χ3n) is 4.55. The van der Waals surface area contributed by atoms with Gasteiger partial charge in [-0.15, -0.1) is 16.4 Å². The number of fused-ring (bicyclic) bond motifs is 1. The first-order valence-corrected chi connectivity index (χ1v) is 9.79. The van der Waals surface area contributed by atoms with Gasteiger partial charge >= 0.3 is 0 Å². The molecule has 0 fully saturated rings. The monoisotopic (exact) mass is 409 g/mol. The Balaban J connectivity index is 1.57. The van der Waals surface area contributed by atoms with Gasteiger partial charge in [0.1, 0.15) is 12.3 Å². The van der Waals surface area contributed by atoms with E-state index in [0.29, 0.717) is 4.96 Å². The molecule has 1 amide bonds. The standard InChI is InChI=1S/C20H19N5O3S/c1-12-7-15(26)8-13(2)24(12)10-18(27)21-19-22-20-25(23-19)17(11-29-20)14-5-4-6-16(9-14)28-3/h4-9,11H,10H2,1-3H3,(H,21,23,27). The van der Waals surface area contributed by atoms with Crippen molar-refractivity contribution in [3.8, 4) is 17.0 Å². The van der Waals surface area contributed by atoms with Crippen LogP contribution in [-0.2, 0) is 11.3 Å². The summed E-state index contributed by atoms with van der Waals surface area (Å²) in [5.41, 5.74) is 3.19. The summed E-state index contributed by atoms with van der Waals surface area (Å²) in [6.45, 7) is 3.67. The Bertz CT molecular complexity index is 1240. The smallest absolute Gasteiger partial charge is 0.250 e. The summed E-state index contributed by atoms with van der Waals surface area (Å²) in [5, 5.41) is 9.13. The molecule has 0 bridgehead atoms. The Morgan fingerprint density at radius 1 is 1.21 bits per heavy atom. The predicted octanol–water partition coefficient (Wildman–Crippen LogP) is 2.88. The maximum absolute atomic E-state index is 12.5. The second-order valence-corrected chi connectivity index (χ2v) is 7.43. The van der Waals surface area contributed by atoms with E-state index in [9.17, 15) is 9.59 Å². The molecular weight excluding hydrogens is 390 g/mol. The first-order chi connectivity index (χ1) is 13.9. The molecule has 3 aromatic heterocycles. The van der Waals surface area contributed by atoms with Crippen molar-refractivity contribution in [2.75, 3.05) is 12.4 Å². The highest BCUT2D eigenvalue weighted by Crippen LogP contribution is 2.28. The van der Waals surface area contributed by atoms with Crippen LogP contribution in [0.5, 0.6) is 5.75 Å². The third-order valence-corrected chi connectivity index (χ3v) is 5.37. The van der Waals surface area contributed by atoms with Crippen LogP contribution in [0.2, 0.25) is 0 Å². The fraction of sp³-hybridized carbons (Fsp3) is 0.200. The Labute approximate surface area is 170 Å². The van der Waals surface area contributed by atoms with Crippen molar-refractivity contribution in [1.82, 2.24) is 19.2 Å². The number of aromatic nitrogens is 4. The largest absolute Gasteiger partial charge is 0.497 e. The van der Waals surface area contributed by atoms with Gasteiger partial charge in [-0.2, -0.15) is 4.98 Å². The number of carbonyl (C=O) groups excluding carboxylic acids is 1. The SMILES string of the molecule is COc1cccc(-c2csc3nc(NC(=O)Cn4c(C)cc(=O)cc4C)nn23)c1. The number of methoxy groups -OCH3 is 1. The number of rotatable bonds is 5. The molecule has 0 atom stereocenters. The van der Waals surface area contributed by atoms with Crippen molar-refractivity contribution in [2.24, 2.45) is 0 Å². The summed E-state index contributed by atoms with van der Waals surface area (Å²) in [4.78, 5) is 29.1. The molecule has 1 N–H and O–H groups in total. The first kappa shape index (κ1) is 18.9. The molecule has 4 rings (SSSR count). The fourth-order valence-electron chi connectivity index (χ4n) is 3.16. The van der Waals surface area contributed by atoms with E-state index in [2.05, 4.69) is 15.4 Å². The quantitative estimate of drug-likeness (QED) is 0.547. The van der Waals surface area contributed by atoms with E-state index in [-0.39, 0.29) is 23.8 Å². The van der Waals surface area contributed by atoms with Gasteiger partial charge in [0.05, 0.1) is 12.8 Å². The zero-order valence-corrected chi connectivity index (χ0v) is 17.0. The van der Waals surface area contributed by atoms with Crippen molar-refractivity contribution in [2.45, 2.75) is 20.4 Å². The van der Waals surface area contributed by atoms with Gasteiger partial charge in [0.15, 0.2) is 5.43 Å². The molecule has 0 unspecified atom stereocenters. The summed E-state index contributed by atoms with van der Waals surface area (Å²) >= 11 is 1.44. The average molecular weight is 409 g/mol. The summed E-state index contributed by atoms with van der Waals surface area (Å²) in [7, 11) is 1.62. The molecule has 4 aromatic rings. The Hall–Kier alpha value is -3.46. The fourth-order valence-corrected chi connectivity index (χ4v) is 3.99. The van der Waals surface area contributed by atoms with Gasteiger partial charge in [-0.05, 0) is 26.0 Å². The molecule has 0 aliphatic carbocycles. The summed E-state index contributed by atoms with van der Waals surface area (Å²) < 4.78 is 8.76. The van der Waals surface area contributed by atoms with E-state index in [0.717, 1.165) is 28.4 Å². The molecule has 0 saturated heterocycles. The zero-order chi connectivity index (χ0) is 20.5. The Kier molecular flexibility index (Phi) is 4.89. The van der Waals surface area contributed by atoms with Crippen LogP contribution in [0.25, 0.3) is 16.2 Å². The number of aryl methyl sites for hydroxylation is 2. The van der Waals surface area contributed by atoms with Crippen LogP contribution in [-0.4, -0.2) is 32.2 Å². The number of pyridine rings is 1. The van der Waals surface area contributed by atoms with Crippen molar-refractivity contribution >= 4 is 28.2 Å². The van der Waals surface area contributed by atoms with E-state index in [4.69, 9.17) is 4.74 Å². The third kappa shape index (κ3) is 3.77. The number of amides is 1. The average Bonchev–Trinajstić information content (AvgIpc) is 3.24. The molecule has 148 valence electrons. The van der Waals surface area contributed by atoms with Crippen molar-refractivity contribution in [3.05, 3.63) is 63.4 Å². The summed E-state index contributed by atoms with van der Waals surface area (Å²) in [6.07, 6.45) is 0. The predicted molar refractivity (Wildman–Crippen MR) is 112 cm³/mol. The van der Waals surface area contributed by atoms with Gasteiger partial charge in [0, 0.05) is 34.5 Å². The minimum absolute atomic E-state index is 0.0715. The number of hydrogen-bond donors (Lipinski definition) is 1. The Morgan fingerprint density at radius 2 is 1.97 bits per heavy atom. The molecule has 9 heteroatoms. The van der Waals surface area contributed by atoms with E-state index < -0.39 is 0 Å². The lowest BCUT2D eigenvalue weighted by Gasteiger charge is -2.13. The molecule has 0 saturated carbocycles. The molecule has 0 radical (unpaired) electrons. The van der Waals surface area contributed by atoms with Crippen molar-refractivity contribution in [3.63, 3.8) is 0 Å². The number of nitrogens with one attached hydrogen (secondary N) is 1. The molecule has 1 aromatic carbocycles. The number of ether oxygens (including phenoxy) is 1. The highest BCUT2D eigenvalue weighted by atomic mass is 32.1. The van der Waals surface area contributed by atoms with Crippen LogP contribution in [0.15, 0.2) is 46.6 Å². The lowest BCUT2D eigenvalue weighted by Crippen LogP contribution is -2.23. The van der Waals surface area contributed by atoms with Crippen LogP contribution in [0.4, 0.5) is 5.95 Å². The van der Waals surface area contributed by atoms with Crippen LogP contribution < -0.4 is 15.5 Å². The molecule has 3 heterocycles. The number of carbonyl (C=O) groups is 1. The van der Waals surface area contributed by atoms with Gasteiger partial charge in [0.2, 0.25) is 10.9 Å². The van der Waals surface area contributed by atoms with E-state index in [1.54, 1.807) is 30.0 Å². The zero-order valence-electron chi connectivity index (χ0n) is 16.2. The highest BCUT2D eigenvalue weighted by Gasteiger charge is 2.15. The lowest BCUT2D eigenvalue weighted by atomic mass is 10.2. The maximum atomic E-state index is 12.5. The molecule has 0 aliphatic heterocycles. The number of nitrogens with zero attached hydrogens (tertiary/aromatic N) is 4. The van der Waals surface area contributed by atoms with Crippen LogP contribution >= 0.6 is 11.3 Å². The molecule has 0 spiro atoms. The summed E-state index contributed by atoms with van der Waals surface area (Å²) in [5.74, 6) is 0.728. The van der Waals surface area contributed by atoms with E-state index in [1.807, 2.05) is 29.6 Å². The van der Waals surface area contributed by atoms with Crippen LogP contribution in [0.3, 0.4) is 0 Å². The van der Waals surface area contributed by atoms with Gasteiger partial charge in [0.25, 0.3) is 5.95 Å². The second kappa shape index (κ2) is 7.51. The topological polar surface area (TPSA) is 90.5 Å². The maximum Gasteiger partial charge on any atom is 0.250 e. The van der Waals surface area contributed by atoms with E-state index >= 15 is 0 Å². The van der Waals surface area contributed by atoms with E-state index in [1.165, 1.54) is 23.5 Å². The van der Waals surface area contributed by atoms with Crippen molar-refractivity contribution in [1.29, 1.82) is 0 Å². The van der Waals surface area contributed by atoms with Gasteiger partial charge in [-0.25, -0.2) is 4.52 Å². The number of thiazole rings is 1.